The lowest BCUT2D eigenvalue weighted by Gasteiger charge is -2.19. The second kappa shape index (κ2) is 7.76. The number of hydrogen-bond donors (Lipinski definition) is 2. The molecule has 0 atom stereocenters. The molecule has 0 radical (unpaired) electrons. The van der Waals surface area contributed by atoms with E-state index in [2.05, 4.69) is 31.4 Å². The number of methoxy groups -OCH3 is 2. The summed E-state index contributed by atoms with van der Waals surface area (Å²) in [6, 6.07) is 5.54. The molecule has 5 nitrogen and oxygen atoms in total. The van der Waals surface area contributed by atoms with Crippen LogP contribution in [0.15, 0.2) is 18.2 Å². The maximum atomic E-state index is 11.7. The average Bonchev–Trinajstić information content (AvgIpc) is 2.44. The van der Waals surface area contributed by atoms with Crippen LogP contribution in [0.2, 0.25) is 0 Å². The van der Waals surface area contributed by atoms with E-state index in [1.54, 1.807) is 14.2 Å². The molecule has 0 bridgehead atoms. The molecule has 2 N–H and O–H groups in total. The zero-order valence-electron chi connectivity index (χ0n) is 13.6. The summed E-state index contributed by atoms with van der Waals surface area (Å²) in [6.45, 7) is 7.43. The van der Waals surface area contributed by atoms with Gasteiger partial charge in [0.15, 0.2) is 0 Å². The van der Waals surface area contributed by atoms with Crippen LogP contribution in [0.25, 0.3) is 0 Å². The molecule has 0 spiro atoms. The number of amides is 2. The summed E-state index contributed by atoms with van der Waals surface area (Å²) < 4.78 is 10.5. The average molecular weight is 294 g/mol. The highest BCUT2D eigenvalue weighted by Gasteiger charge is 2.11. The largest absolute Gasteiger partial charge is 0.497 e. The molecule has 0 aliphatic rings. The Balaban J connectivity index is 2.43. The molecule has 1 rings (SSSR count). The van der Waals surface area contributed by atoms with Crippen molar-refractivity contribution < 1.29 is 14.3 Å². The summed E-state index contributed by atoms with van der Waals surface area (Å²) in [6.07, 6.45) is 0.704. The summed E-state index contributed by atoms with van der Waals surface area (Å²) in [7, 11) is 3.25. The lowest BCUT2D eigenvalue weighted by molar-refractivity contribution is 0.235. The quantitative estimate of drug-likeness (QED) is 0.848. The standard InChI is InChI=1S/C16H26N2O3/c1-16(2,3)11-18-15(19)17-9-8-12-6-7-13(20-4)10-14(12)21-5/h6-7,10H,8-9,11H2,1-5H3,(H2,17,18,19). The molecular weight excluding hydrogens is 268 g/mol. The molecule has 1 aromatic rings. The number of ether oxygens (including phenoxy) is 2. The second-order valence-corrected chi connectivity index (χ2v) is 6.10. The van der Waals surface area contributed by atoms with Gasteiger partial charge in [0.25, 0.3) is 0 Å². The summed E-state index contributed by atoms with van der Waals surface area (Å²) in [5.41, 5.74) is 1.12. The molecule has 0 fully saturated rings. The van der Waals surface area contributed by atoms with Crippen LogP contribution in [0.3, 0.4) is 0 Å². The van der Waals surface area contributed by atoms with Gasteiger partial charge in [-0.15, -0.1) is 0 Å². The van der Waals surface area contributed by atoms with Crippen LogP contribution in [0.4, 0.5) is 4.79 Å². The van der Waals surface area contributed by atoms with Gasteiger partial charge in [-0.3, -0.25) is 0 Å². The molecule has 118 valence electrons. The van der Waals surface area contributed by atoms with Crippen molar-refractivity contribution in [1.82, 2.24) is 10.6 Å². The fraction of sp³-hybridized carbons (Fsp3) is 0.562. The molecular formula is C16H26N2O3. The van der Waals surface area contributed by atoms with Crippen molar-refractivity contribution in [3.8, 4) is 11.5 Å². The van der Waals surface area contributed by atoms with E-state index < -0.39 is 0 Å². The Hall–Kier alpha value is -1.91. The Bertz CT molecular complexity index is 467. The predicted octanol–water partition coefficient (Wildman–Crippen LogP) is 2.59. The molecule has 1 aromatic carbocycles. The number of urea groups is 1. The van der Waals surface area contributed by atoms with Crippen LogP contribution in [0.1, 0.15) is 26.3 Å². The molecule has 0 saturated heterocycles. The predicted molar refractivity (Wildman–Crippen MR) is 84.1 cm³/mol. The number of hydrogen-bond acceptors (Lipinski definition) is 3. The number of carbonyl (C=O) groups excluding carboxylic acids is 1. The molecule has 21 heavy (non-hydrogen) atoms. The molecule has 0 heterocycles. The molecule has 5 heteroatoms. The van der Waals surface area contributed by atoms with Gasteiger partial charge < -0.3 is 20.1 Å². The van der Waals surface area contributed by atoms with Crippen LogP contribution in [-0.4, -0.2) is 33.3 Å². The summed E-state index contributed by atoms with van der Waals surface area (Å²) in [5, 5.41) is 5.70. The summed E-state index contributed by atoms with van der Waals surface area (Å²) in [4.78, 5) is 11.7. The first-order valence-electron chi connectivity index (χ1n) is 7.08. The van der Waals surface area contributed by atoms with Gasteiger partial charge in [-0.2, -0.15) is 0 Å². The van der Waals surface area contributed by atoms with Crippen molar-refractivity contribution in [2.24, 2.45) is 5.41 Å². The van der Waals surface area contributed by atoms with Gasteiger partial charge in [0.2, 0.25) is 0 Å². The maximum absolute atomic E-state index is 11.7. The van der Waals surface area contributed by atoms with Gasteiger partial charge in [-0.25, -0.2) is 4.79 Å². The van der Waals surface area contributed by atoms with Crippen LogP contribution in [0, 0.1) is 5.41 Å². The first-order valence-corrected chi connectivity index (χ1v) is 7.08. The number of carbonyl (C=O) groups is 1. The topological polar surface area (TPSA) is 59.6 Å². The van der Waals surface area contributed by atoms with Crippen LogP contribution >= 0.6 is 0 Å². The van der Waals surface area contributed by atoms with Crippen LogP contribution in [0.5, 0.6) is 11.5 Å². The highest BCUT2D eigenvalue weighted by molar-refractivity contribution is 5.73. The summed E-state index contributed by atoms with van der Waals surface area (Å²) >= 11 is 0. The molecule has 0 aliphatic heterocycles. The van der Waals surface area contributed by atoms with Crippen molar-refractivity contribution in [2.75, 3.05) is 27.3 Å². The highest BCUT2D eigenvalue weighted by Crippen LogP contribution is 2.24. The minimum atomic E-state index is -0.141. The minimum Gasteiger partial charge on any atom is -0.497 e. The van der Waals surface area contributed by atoms with E-state index in [9.17, 15) is 4.79 Å². The van der Waals surface area contributed by atoms with Gasteiger partial charge in [0.1, 0.15) is 11.5 Å². The number of benzene rings is 1. The van der Waals surface area contributed by atoms with Crippen molar-refractivity contribution in [2.45, 2.75) is 27.2 Å². The van der Waals surface area contributed by atoms with Crippen LogP contribution in [-0.2, 0) is 6.42 Å². The fourth-order valence-electron chi connectivity index (χ4n) is 1.78. The van der Waals surface area contributed by atoms with E-state index in [1.165, 1.54) is 0 Å². The van der Waals surface area contributed by atoms with E-state index in [-0.39, 0.29) is 11.4 Å². The third-order valence-electron chi connectivity index (χ3n) is 2.95. The fourth-order valence-corrected chi connectivity index (χ4v) is 1.78. The molecule has 2 amide bonds. The van der Waals surface area contributed by atoms with E-state index >= 15 is 0 Å². The smallest absolute Gasteiger partial charge is 0.314 e. The summed E-state index contributed by atoms with van der Waals surface area (Å²) in [5.74, 6) is 1.53. The lowest BCUT2D eigenvalue weighted by Crippen LogP contribution is -2.40. The maximum Gasteiger partial charge on any atom is 0.314 e. The van der Waals surface area contributed by atoms with Gasteiger partial charge in [0.05, 0.1) is 14.2 Å². The first-order chi connectivity index (χ1) is 9.85. The van der Waals surface area contributed by atoms with E-state index in [0.29, 0.717) is 19.5 Å². The van der Waals surface area contributed by atoms with Gasteiger partial charge in [0, 0.05) is 19.2 Å². The van der Waals surface area contributed by atoms with Crippen LogP contribution < -0.4 is 20.1 Å². The third-order valence-corrected chi connectivity index (χ3v) is 2.95. The second-order valence-electron chi connectivity index (χ2n) is 6.10. The van der Waals surface area contributed by atoms with E-state index in [4.69, 9.17) is 9.47 Å². The van der Waals surface area contributed by atoms with E-state index in [0.717, 1.165) is 17.1 Å². The van der Waals surface area contributed by atoms with Gasteiger partial charge in [-0.05, 0) is 23.5 Å². The molecule has 0 aliphatic carbocycles. The van der Waals surface area contributed by atoms with Crippen molar-refractivity contribution in [3.05, 3.63) is 23.8 Å². The zero-order valence-corrected chi connectivity index (χ0v) is 13.6. The Morgan fingerprint density at radius 2 is 1.86 bits per heavy atom. The minimum absolute atomic E-state index is 0.0799. The zero-order chi connectivity index (χ0) is 15.9. The number of rotatable bonds is 6. The Morgan fingerprint density at radius 3 is 2.43 bits per heavy atom. The SMILES string of the molecule is COc1ccc(CCNC(=O)NCC(C)(C)C)c(OC)c1. The van der Waals surface area contributed by atoms with Crippen molar-refractivity contribution >= 4 is 6.03 Å². The monoisotopic (exact) mass is 294 g/mol. The molecule has 0 aromatic heterocycles. The lowest BCUT2D eigenvalue weighted by atomic mass is 9.97. The van der Waals surface area contributed by atoms with Crippen molar-refractivity contribution in [3.63, 3.8) is 0 Å². The van der Waals surface area contributed by atoms with Crippen molar-refractivity contribution in [1.29, 1.82) is 0 Å². The first kappa shape index (κ1) is 17.1. The third kappa shape index (κ3) is 6.38. The molecule has 0 saturated carbocycles. The Morgan fingerprint density at radius 1 is 1.14 bits per heavy atom. The normalized spacial score (nSPS) is 10.9. The number of nitrogens with one attached hydrogen (secondary N) is 2. The van der Waals surface area contributed by atoms with Gasteiger partial charge in [-0.1, -0.05) is 26.8 Å². The Labute approximate surface area is 127 Å². The highest BCUT2D eigenvalue weighted by atomic mass is 16.5. The Kier molecular flexibility index (Phi) is 6.34. The van der Waals surface area contributed by atoms with E-state index in [1.807, 2.05) is 18.2 Å². The molecule has 0 unspecified atom stereocenters. The van der Waals surface area contributed by atoms with Gasteiger partial charge >= 0.3 is 6.03 Å².